The molecule has 0 saturated carbocycles. The van der Waals surface area contributed by atoms with Gasteiger partial charge in [0.15, 0.2) is 0 Å². The van der Waals surface area contributed by atoms with Crippen LogP contribution in [-0.2, 0) is 0 Å². The van der Waals surface area contributed by atoms with Crippen molar-refractivity contribution in [1.82, 2.24) is 0 Å². The fourth-order valence-corrected chi connectivity index (χ4v) is 2.02. The molecule has 0 saturated heterocycles. The third-order valence-electron chi connectivity index (χ3n) is 3.28. The number of nitrogens with zero attached hydrogens (tertiary/aromatic N) is 1. The van der Waals surface area contributed by atoms with E-state index < -0.39 is 4.92 Å². The van der Waals surface area contributed by atoms with Gasteiger partial charge in [0.05, 0.1) is 4.92 Å². The summed E-state index contributed by atoms with van der Waals surface area (Å²) < 4.78 is 5.47. The van der Waals surface area contributed by atoms with E-state index >= 15 is 0 Å². The normalized spacial score (nSPS) is 9.48. The van der Waals surface area contributed by atoms with E-state index in [1.165, 1.54) is 36.4 Å². The summed E-state index contributed by atoms with van der Waals surface area (Å²) in [5.41, 5.74) is 1.01. The molecule has 3 rings (SSSR count). The number of benzene rings is 3. The van der Waals surface area contributed by atoms with Crippen LogP contribution in [0.15, 0.2) is 72.8 Å². The lowest BCUT2D eigenvalue weighted by Gasteiger charge is -2.05. The second kappa shape index (κ2) is 9.47. The minimum absolute atomic E-state index is 0.00370. The smallest absolute Gasteiger partial charge is 0.269 e. The van der Waals surface area contributed by atoms with Gasteiger partial charge in [0, 0.05) is 23.3 Å². The summed E-state index contributed by atoms with van der Waals surface area (Å²) in [4.78, 5) is 30.7. The Hall–Kier alpha value is -4.00. The fraction of sp³-hybridized carbons (Fsp3) is 0. The van der Waals surface area contributed by atoms with Gasteiger partial charge in [-0.1, -0.05) is 24.3 Å². The SMILES string of the molecule is O=Cc1cccc(O)c1.O=Cc1cccc(Oc2ccc([N+](=O)[O-])cc2)c1. The zero-order chi connectivity index (χ0) is 19.6. The lowest BCUT2D eigenvalue weighted by molar-refractivity contribution is -0.384. The predicted molar refractivity (Wildman–Crippen MR) is 98.5 cm³/mol. The number of hydrogen-bond acceptors (Lipinski definition) is 6. The number of ether oxygens (including phenoxy) is 1. The maximum atomic E-state index is 10.6. The number of aldehydes is 2. The Bertz CT molecular complexity index is 937. The number of phenolic OH excluding ortho intramolecular Hbond substituents is 1. The molecule has 7 heteroatoms. The monoisotopic (exact) mass is 365 g/mol. The van der Waals surface area contributed by atoms with Crippen molar-refractivity contribution in [1.29, 1.82) is 0 Å². The van der Waals surface area contributed by atoms with Crippen LogP contribution in [0.5, 0.6) is 17.2 Å². The van der Waals surface area contributed by atoms with Gasteiger partial charge in [-0.2, -0.15) is 0 Å². The van der Waals surface area contributed by atoms with E-state index in [-0.39, 0.29) is 11.4 Å². The van der Waals surface area contributed by atoms with E-state index in [1.807, 2.05) is 0 Å². The number of phenols is 1. The lowest BCUT2D eigenvalue weighted by atomic mass is 10.2. The van der Waals surface area contributed by atoms with Crippen molar-refractivity contribution in [2.24, 2.45) is 0 Å². The Morgan fingerprint density at radius 1 is 0.815 bits per heavy atom. The molecule has 0 aliphatic rings. The minimum atomic E-state index is -0.475. The summed E-state index contributed by atoms with van der Waals surface area (Å²) in [7, 11) is 0. The Morgan fingerprint density at radius 2 is 1.41 bits per heavy atom. The number of carbonyl (C=O) groups excluding carboxylic acids is 2. The zero-order valence-corrected chi connectivity index (χ0v) is 14.0. The highest BCUT2D eigenvalue weighted by atomic mass is 16.6. The first-order chi connectivity index (χ1) is 13.0. The van der Waals surface area contributed by atoms with Crippen molar-refractivity contribution in [2.45, 2.75) is 0 Å². The van der Waals surface area contributed by atoms with Crippen molar-refractivity contribution < 1.29 is 24.4 Å². The van der Waals surface area contributed by atoms with E-state index in [4.69, 9.17) is 9.84 Å². The summed E-state index contributed by atoms with van der Waals surface area (Å²) in [6.45, 7) is 0. The molecule has 0 amide bonds. The zero-order valence-electron chi connectivity index (χ0n) is 14.0. The van der Waals surface area contributed by atoms with E-state index in [2.05, 4.69) is 0 Å². The molecule has 0 spiro atoms. The molecule has 3 aromatic rings. The number of rotatable bonds is 5. The first kappa shape index (κ1) is 19.3. The van der Waals surface area contributed by atoms with Gasteiger partial charge in [-0.05, 0) is 36.4 Å². The molecule has 1 N–H and O–H groups in total. The number of carbonyl (C=O) groups is 2. The summed E-state index contributed by atoms with van der Waals surface area (Å²) >= 11 is 0. The van der Waals surface area contributed by atoms with Crippen LogP contribution in [0.2, 0.25) is 0 Å². The molecule has 0 radical (unpaired) electrons. The molecule has 0 fully saturated rings. The topological polar surface area (TPSA) is 107 Å². The van der Waals surface area contributed by atoms with E-state index in [1.54, 1.807) is 36.4 Å². The molecule has 0 aliphatic heterocycles. The van der Waals surface area contributed by atoms with Gasteiger partial charge in [-0.3, -0.25) is 19.7 Å². The molecule has 0 aliphatic carbocycles. The summed E-state index contributed by atoms with van der Waals surface area (Å²) in [5, 5.41) is 19.3. The summed E-state index contributed by atoms with van der Waals surface area (Å²) in [6.07, 6.45) is 1.42. The number of non-ortho nitro benzene ring substituents is 1. The van der Waals surface area contributed by atoms with Crippen LogP contribution < -0.4 is 4.74 Å². The van der Waals surface area contributed by atoms with Crippen LogP contribution in [0.4, 0.5) is 5.69 Å². The molecule has 7 nitrogen and oxygen atoms in total. The van der Waals surface area contributed by atoms with Crippen molar-refractivity contribution in [2.75, 3.05) is 0 Å². The fourth-order valence-electron chi connectivity index (χ4n) is 2.02. The van der Waals surface area contributed by atoms with Gasteiger partial charge in [-0.15, -0.1) is 0 Å². The van der Waals surface area contributed by atoms with Gasteiger partial charge in [-0.25, -0.2) is 0 Å². The quantitative estimate of drug-likeness (QED) is 0.408. The van der Waals surface area contributed by atoms with Gasteiger partial charge in [0.1, 0.15) is 29.8 Å². The van der Waals surface area contributed by atoms with Crippen LogP contribution in [0.25, 0.3) is 0 Å². The van der Waals surface area contributed by atoms with Crippen molar-refractivity contribution >= 4 is 18.3 Å². The van der Waals surface area contributed by atoms with Gasteiger partial charge in [0.2, 0.25) is 0 Å². The molecule has 0 unspecified atom stereocenters. The van der Waals surface area contributed by atoms with Crippen LogP contribution in [0.3, 0.4) is 0 Å². The van der Waals surface area contributed by atoms with Crippen LogP contribution >= 0.6 is 0 Å². The third kappa shape index (κ3) is 6.09. The molecular formula is C20H15NO6. The highest BCUT2D eigenvalue weighted by Gasteiger charge is 2.05. The molecule has 0 atom stereocenters. The summed E-state index contributed by atoms with van der Waals surface area (Å²) in [5.74, 6) is 1.11. The van der Waals surface area contributed by atoms with E-state index in [0.29, 0.717) is 28.9 Å². The first-order valence-corrected chi connectivity index (χ1v) is 7.73. The maximum Gasteiger partial charge on any atom is 0.269 e. The standard InChI is InChI=1S/C13H9NO4.C7H6O2/c15-9-10-2-1-3-13(8-10)18-12-6-4-11(5-7-12)14(16)17;8-5-6-2-1-3-7(9)4-6/h1-9H;1-5,9H. The van der Waals surface area contributed by atoms with E-state index in [9.17, 15) is 19.7 Å². The third-order valence-corrected chi connectivity index (χ3v) is 3.28. The average Bonchev–Trinajstić information content (AvgIpc) is 2.69. The molecule has 27 heavy (non-hydrogen) atoms. The van der Waals surface area contributed by atoms with Crippen LogP contribution in [0, 0.1) is 10.1 Å². The molecule has 0 heterocycles. The Balaban J connectivity index is 0.000000244. The van der Waals surface area contributed by atoms with Gasteiger partial charge >= 0.3 is 0 Å². The Morgan fingerprint density at radius 3 is 1.93 bits per heavy atom. The second-order valence-electron chi connectivity index (χ2n) is 5.26. The summed E-state index contributed by atoms with van der Waals surface area (Å²) in [6, 6.07) is 18.6. The molecule has 136 valence electrons. The average molecular weight is 365 g/mol. The highest BCUT2D eigenvalue weighted by molar-refractivity contribution is 5.75. The largest absolute Gasteiger partial charge is 0.508 e. The number of hydrogen-bond donors (Lipinski definition) is 1. The first-order valence-electron chi connectivity index (χ1n) is 7.73. The van der Waals surface area contributed by atoms with Crippen molar-refractivity contribution in [3.63, 3.8) is 0 Å². The van der Waals surface area contributed by atoms with Crippen molar-refractivity contribution in [3.8, 4) is 17.2 Å². The van der Waals surface area contributed by atoms with Crippen molar-refractivity contribution in [3.05, 3.63) is 94.0 Å². The number of nitro groups is 1. The number of aromatic hydroxyl groups is 1. The molecule has 0 bridgehead atoms. The second-order valence-corrected chi connectivity index (χ2v) is 5.26. The Labute approximate surface area is 154 Å². The van der Waals surface area contributed by atoms with Crippen LogP contribution in [0.1, 0.15) is 20.7 Å². The maximum absolute atomic E-state index is 10.6. The Kier molecular flexibility index (Phi) is 6.78. The van der Waals surface area contributed by atoms with Gasteiger partial charge in [0.25, 0.3) is 5.69 Å². The lowest BCUT2D eigenvalue weighted by Crippen LogP contribution is -1.89. The molecular weight excluding hydrogens is 350 g/mol. The highest BCUT2D eigenvalue weighted by Crippen LogP contribution is 2.24. The molecule has 0 aromatic heterocycles. The van der Waals surface area contributed by atoms with E-state index in [0.717, 1.165) is 6.29 Å². The minimum Gasteiger partial charge on any atom is -0.508 e. The van der Waals surface area contributed by atoms with Crippen LogP contribution in [-0.4, -0.2) is 22.6 Å². The van der Waals surface area contributed by atoms with Gasteiger partial charge < -0.3 is 9.84 Å². The predicted octanol–water partition coefficient (Wildman–Crippen LogP) is 4.40. The molecule has 3 aromatic carbocycles. The number of nitro benzene ring substituents is 1.